The minimum atomic E-state index is -0.413. The van der Waals surface area contributed by atoms with Crippen LogP contribution in [0, 0.1) is 16.7 Å². The highest BCUT2D eigenvalue weighted by atomic mass is 16.2. The second-order valence-corrected chi connectivity index (χ2v) is 12.5. The van der Waals surface area contributed by atoms with Crippen LogP contribution in [0.25, 0.3) is 0 Å². The number of nitrogens with one attached hydrogen (secondary N) is 1. The fourth-order valence-electron chi connectivity index (χ4n) is 7.07. The van der Waals surface area contributed by atoms with Crippen molar-refractivity contribution in [1.82, 2.24) is 14.8 Å². The number of rotatable bonds is 5. The molecule has 2 bridgehead atoms. The minimum Gasteiger partial charge on any atom is -0.352 e. The number of pyridine rings is 1. The average molecular weight is 454 g/mol. The zero-order valence-electron chi connectivity index (χ0n) is 20.5. The first-order chi connectivity index (χ1) is 15.6. The molecule has 1 N–H and O–H groups in total. The van der Waals surface area contributed by atoms with Gasteiger partial charge in [0.1, 0.15) is 11.1 Å². The summed E-state index contributed by atoms with van der Waals surface area (Å²) in [5.74, 6) is -0.0307. The predicted octanol–water partition coefficient (Wildman–Crippen LogP) is 4.53. The van der Waals surface area contributed by atoms with Gasteiger partial charge < -0.3 is 14.8 Å². The molecule has 4 fully saturated rings. The summed E-state index contributed by atoms with van der Waals surface area (Å²) in [6.07, 6.45) is 14.5. The van der Waals surface area contributed by atoms with Crippen molar-refractivity contribution in [2.75, 3.05) is 13.1 Å². The number of hydrogen-bond acceptors (Lipinski definition) is 3. The van der Waals surface area contributed by atoms with E-state index in [9.17, 15) is 14.4 Å². The van der Waals surface area contributed by atoms with E-state index in [1.807, 2.05) is 9.47 Å². The van der Waals surface area contributed by atoms with E-state index >= 15 is 0 Å². The van der Waals surface area contributed by atoms with E-state index in [2.05, 4.69) is 26.1 Å². The van der Waals surface area contributed by atoms with Crippen molar-refractivity contribution in [1.29, 1.82) is 0 Å². The fraction of sp³-hybridized carbons (Fsp3) is 0.741. The highest BCUT2D eigenvalue weighted by Gasteiger charge is 2.51. The van der Waals surface area contributed by atoms with Crippen LogP contribution in [0.4, 0.5) is 0 Å². The van der Waals surface area contributed by atoms with Crippen LogP contribution in [0.15, 0.2) is 17.2 Å². The van der Waals surface area contributed by atoms with Gasteiger partial charge in [-0.2, -0.15) is 0 Å². The van der Waals surface area contributed by atoms with Crippen LogP contribution in [0.2, 0.25) is 0 Å². The Hall–Kier alpha value is -2.11. The maximum absolute atomic E-state index is 13.7. The summed E-state index contributed by atoms with van der Waals surface area (Å²) in [4.78, 5) is 42.2. The molecule has 2 atom stereocenters. The van der Waals surface area contributed by atoms with Gasteiger partial charge in [0.25, 0.3) is 11.8 Å². The molecule has 0 unspecified atom stereocenters. The molecule has 6 nitrogen and oxygen atoms in total. The molecule has 3 saturated carbocycles. The first kappa shape index (κ1) is 22.7. The number of nitrogens with zero attached hydrogens (tertiary/aromatic N) is 2. The topological polar surface area (TPSA) is 71.4 Å². The number of likely N-dealkylation sites (tertiary alicyclic amines) is 1. The first-order valence-electron chi connectivity index (χ1n) is 13.0. The molecule has 2 heterocycles. The number of amides is 2. The Morgan fingerprint density at radius 2 is 1.67 bits per heavy atom. The van der Waals surface area contributed by atoms with E-state index in [0.29, 0.717) is 19.0 Å². The SMILES string of the molecule is CC1(C)C[C@H]2C[C@@](C)(CN2C(=O)c2cn(C3CC3)cc(C(=O)NCC3CCCCC3)c2=O)C1. The Morgan fingerprint density at radius 3 is 2.36 bits per heavy atom. The largest absolute Gasteiger partial charge is 0.352 e. The summed E-state index contributed by atoms with van der Waals surface area (Å²) in [6, 6.07) is 0.458. The lowest BCUT2D eigenvalue weighted by Gasteiger charge is -2.39. The van der Waals surface area contributed by atoms with Gasteiger partial charge in [-0.1, -0.05) is 40.0 Å². The smallest absolute Gasteiger partial charge is 0.259 e. The van der Waals surface area contributed by atoms with Gasteiger partial charge in [-0.15, -0.1) is 0 Å². The fourth-order valence-corrected chi connectivity index (χ4v) is 7.07. The molecule has 1 aliphatic heterocycles. The molecule has 3 aliphatic carbocycles. The number of fused-ring (bicyclic) bond motifs is 2. The van der Waals surface area contributed by atoms with Gasteiger partial charge in [-0.3, -0.25) is 14.4 Å². The van der Waals surface area contributed by atoms with E-state index in [-0.39, 0.29) is 45.9 Å². The van der Waals surface area contributed by atoms with Gasteiger partial charge in [0, 0.05) is 37.6 Å². The van der Waals surface area contributed by atoms with Gasteiger partial charge in [0.15, 0.2) is 0 Å². The molecule has 2 amide bonds. The molecule has 4 aliphatic rings. The quantitative estimate of drug-likeness (QED) is 0.712. The standard InChI is InChI=1S/C27H39N3O3/c1-26(2)11-20-12-27(3,16-26)17-30(20)25(33)22-15-29(19-9-10-19)14-21(23(22)31)24(32)28-13-18-7-5-4-6-8-18/h14-15,18-20H,4-13,16-17H2,1-3H3,(H,28,32)/t20-,27+/m0/s1. The zero-order chi connectivity index (χ0) is 23.4. The van der Waals surface area contributed by atoms with Crippen LogP contribution >= 0.6 is 0 Å². The Bertz CT molecular complexity index is 1000. The summed E-state index contributed by atoms with van der Waals surface area (Å²) < 4.78 is 1.94. The van der Waals surface area contributed by atoms with Crippen molar-refractivity contribution < 1.29 is 9.59 Å². The van der Waals surface area contributed by atoms with Crippen LogP contribution in [0.3, 0.4) is 0 Å². The van der Waals surface area contributed by atoms with Gasteiger partial charge in [-0.25, -0.2) is 0 Å². The summed E-state index contributed by atoms with van der Waals surface area (Å²) in [5.41, 5.74) is 0.177. The molecule has 5 rings (SSSR count). The predicted molar refractivity (Wildman–Crippen MR) is 128 cm³/mol. The first-order valence-corrected chi connectivity index (χ1v) is 13.0. The third-order valence-electron chi connectivity index (χ3n) is 8.44. The molecule has 6 heteroatoms. The average Bonchev–Trinajstić information content (AvgIpc) is 3.57. The van der Waals surface area contributed by atoms with Gasteiger partial charge in [0.2, 0.25) is 5.43 Å². The number of aromatic nitrogens is 1. The lowest BCUT2D eigenvalue weighted by Crippen LogP contribution is -2.41. The molecule has 180 valence electrons. The van der Waals surface area contributed by atoms with Crippen LogP contribution < -0.4 is 10.7 Å². The summed E-state index contributed by atoms with van der Waals surface area (Å²) >= 11 is 0. The number of carbonyl (C=O) groups excluding carboxylic acids is 2. The van der Waals surface area contributed by atoms with E-state index < -0.39 is 5.43 Å². The van der Waals surface area contributed by atoms with Crippen molar-refractivity contribution in [2.24, 2.45) is 16.7 Å². The Kier molecular flexibility index (Phi) is 5.69. The summed E-state index contributed by atoms with van der Waals surface area (Å²) in [5, 5.41) is 3.01. The lowest BCUT2D eigenvalue weighted by atomic mass is 9.65. The second kappa shape index (κ2) is 8.28. The lowest BCUT2D eigenvalue weighted by molar-refractivity contribution is 0.0706. The Morgan fingerprint density at radius 1 is 0.970 bits per heavy atom. The van der Waals surface area contributed by atoms with Gasteiger partial charge in [0.05, 0.1) is 0 Å². The molecule has 1 aromatic heterocycles. The highest BCUT2D eigenvalue weighted by molar-refractivity contribution is 5.99. The summed E-state index contributed by atoms with van der Waals surface area (Å²) in [7, 11) is 0. The Labute approximate surface area is 197 Å². The minimum absolute atomic E-state index is 0.104. The number of hydrogen-bond donors (Lipinski definition) is 1. The second-order valence-electron chi connectivity index (χ2n) is 12.5. The van der Waals surface area contributed by atoms with E-state index in [1.165, 1.54) is 19.3 Å². The third-order valence-corrected chi connectivity index (χ3v) is 8.44. The van der Waals surface area contributed by atoms with E-state index in [4.69, 9.17) is 0 Å². The normalized spacial score (nSPS) is 29.2. The zero-order valence-corrected chi connectivity index (χ0v) is 20.5. The molecule has 0 aromatic carbocycles. The van der Waals surface area contributed by atoms with Crippen molar-refractivity contribution >= 4 is 11.8 Å². The number of carbonyl (C=O) groups is 2. The molecule has 33 heavy (non-hydrogen) atoms. The van der Waals surface area contributed by atoms with Crippen LogP contribution in [0.1, 0.15) is 112 Å². The molecule has 1 aromatic rings. The highest BCUT2D eigenvalue weighted by Crippen LogP contribution is 2.52. The molecular weight excluding hydrogens is 414 g/mol. The van der Waals surface area contributed by atoms with Gasteiger partial charge in [-0.05, 0) is 61.7 Å². The maximum Gasteiger partial charge on any atom is 0.259 e. The summed E-state index contributed by atoms with van der Waals surface area (Å²) in [6.45, 7) is 8.14. The molecular formula is C27H39N3O3. The molecule has 1 saturated heterocycles. The van der Waals surface area contributed by atoms with Crippen LogP contribution in [0.5, 0.6) is 0 Å². The molecule has 0 spiro atoms. The van der Waals surface area contributed by atoms with Crippen molar-refractivity contribution in [3.63, 3.8) is 0 Å². The Balaban J connectivity index is 1.40. The third kappa shape index (κ3) is 4.63. The van der Waals surface area contributed by atoms with Crippen LogP contribution in [-0.4, -0.2) is 40.4 Å². The molecule has 0 radical (unpaired) electrons. The van der Waals surface area contributed by atoms with Crippen molar-refractivity contribution in [3.8, 4) is 0 Å². The van der Waals surface area contributed by atoms with Crippen molar-refractivity contribution in [2.45, 2.75) is 97.1 Å². The van der Waals surface area contributed by atoms with Crippen molar-refractivity contribution in [3.05, 3.63) is 33.7 Å². The van der Waals surface area contributed by atoms with E-state index in [1.54, 1.807) is 12.4 Å². The maximum atomic E-state index is 13.7. The van der Waals surface area contributed by atoms with Gasteiger partial charge >= 0.3 is 0 Å². The monoisotopic (exact) mass is 453 g/mol. The van der Waals surface area contributed by atoms with E-state index in [0.717, 1.165) is 44.9 Å². The van der Waals surface area contributed by atoms with Crippen LogP contribution in [-0.2, 0) is 0 Å².